The summed E-state index contributed by atoms with van der Waals surface area (Å²) in [4.78, 5) is 22.2. The van der Waals surface area contributed by atoms with Crippen LogP contribution in [0.3, 0.4) is 0 Å². The molecule has 1 N–H and O–H groups in total. The Morgan fingerprint density at radius 1 is 1.42 bits per heavy atom. The fourth-order valence-electron chi connectivity index (χ4n) is 1.58. The van der Waals surface area contributed by atoms with Gasteiger partial charge in [-0.15, -0.1) is 0 Å². The van der Waals surface area contributed by atoms with Gasteiger partial charge in [0.15, 0.2) is 0 Å². The lowest BCUT2D eigenvalue weighted by Gasteiger charge is -2.22. The Morgan fingerprint density at radius 2 is 2.05 bits per heavy atom. The summed E-state index contributed by atoms with van der Waals surface area (Å²) >= 11 is 6.06. The van der Waals surface area contributed by atoms with Crippen molar-refractivity contribution in [3.63, 3.8) is 0 Å². The molecule has 106 valence electrons. The maximum atomic E-state index is 12.0. The van der Waals surface area contributed by atoms with Crippen LogP contribution >= 0.6 is 11.6 Å². The lowest BCUT2D eigenvalue weighted by atomic mass is 10.2. The van der Waals surface area contributed by atoms with Crippen molar-refractivity contribution in [2.75, 3.05) is 18.9 Å². The summed E-state index contributed by atoms with van der Waals surface area (Å²) in [7, 11) is 1.78. The van der Waals surface area contributed by atoms with Gasteiger partial charge in [-0.25, -0.2) is 9.97 Å². The highest BCUT2D eigenvalue weighted by molar-refractivity contribution is 6.30. The van der Waals surface area contributed by atoms with Gasteiger partial charge in [0.2, 0.25) is 5.91 Å². The molecule has 19 heavy (non-hydrogen) atoms. The van der Waals surface area contributed by atoms with E-state index in [1.165, 1.54) is 0 Å². The summed E-state index contributed by atoms with van der Waals surface area (Å²) in [5.74, 6) is 1.32. The Bertz CT molecular complexity index is 464. The summed E-state index contributed by atoms with van der Waals surface area (Å²) in [6.45, 7) is 8.23. The molecule has 6 heteroatoms. The number of hydrogen-bond donors (Lipinski definition) is 1. The van der Waals surface area contributed by atoms with Crippen LogP contribution in [0.5, 0.6) is 0 Å². The van der Waals surface area contributed by atoms with Crippen molar-refractivity contribution in [2.45, 2.75) is 40.2 Å². The minimum absolute atomic E-state index is 0.0229. The Balaban J connectivity index is 2.93. The molecule has 0 bridgehead atoms. The average molecular weight is 285 g/mol. The molecule has 0 aromatic carbocycles. The number of nitrogens with zero attached hydrogens (tertiary/aromatic N) is 3. The van der Waals surface area contributed by atoms with Gasteiger partial charge in [-0.1, -0.05) is 18.5 Å². The number of halogens is 1. The van der Waals surface area contributed by atoms with E-state index in [-0.39, 0.29) is 11.9 Å². The molecule has 0 aliphatic heterocycles. The number of rotatable bonds is 5. The first-order valence-electron chi connectivity index (χ1n) is 6.45. The predicted octanol–water partition coefficient (Wildman–Crippen LogP) is 2.28. The highest BCUT2D eigenvalue weighted by atomic mass is 35.5. The van der Waals surface area contributed by atoms with Crippen molar-refractivity contribution >= 4 is 23.3 Å². The highest BCUT2D eigenvalue weighted by Crippen LogP contribution is 2.20. The summed E-state index contributed by atoms with van der Waals surface area (Å²) < 4.78 is 0. The van der Waals surface area contributed by atoms with Crippen molar-refractivity contribution in [1.82, 2.24) is 14.9 Å². The van der Waals surface area contributed by atoms with Crippen LogP contribution in [0.4, 0.5) is 5.82 Å². The van der Waals surface area contributed by atoms with Crippen LogP contribution in [0.15, 0.2) is 0 Å². The summed E-state index contributed by atoms with van der Waals surface area (Å²) in [6.07, 6.45) is 0.700. The number of nitrogens with one attached hydrogen (secondary N) is 1. The van der Waals surface area contributed by atoms with Gasteiger partial charge in [0.05, 0.1) is 0 Å². The molecule has 1 aromatic rings. The summed E-state index contributed by atoms with van der Waals surface area (Å²) in [5, 5.41) is 3.54. The second-order valence-corrected chi connectivity index (χ2v) is 4.83. The second-order valence-electron chi connectivity index (χ2n) is 4.48. The third-order valence-corrected chi connectivity index (χ3v) is 3.39. The molecule has 0 radical (unpaired) electrons. The molecule has 0 saturated carbocycles. The number of aryl methyl sites for hydroxylation is 1. The highest BCUT2D eigenvalue weighted by Gasteiger charge is 2.18. The van der Waals surface area contributed by atoms with Crippen LogP contribution in [0.25, 0.3) is 0 Å². The van der Waals surface area contributed by atoms with Crippen molar-refractivity contribution in [2.24, 2.45) is 0 Å². The molecule has 0 spiro atoms. The van der Waals surface area contributed by atoms with E-state index in [1.54, 1.807) is 11.9 Å². The van der Waals surface area contributed by atoms with Gasteiger partial charge in [-0.05, 0) is 20.8 Å². The van der Waals surface area contributed by atoms with Gasteiger partial charge in [0.25, 0.3) is 0 Å². The Kier molecular flexibility index (Phi) is 5.54. The van der Waals surface area contributed by atoms with E-state index in [0.717, 1.165) is 5.56 Å². The van der Waals surface area contributed by atoms with Gasteiger partial charge in [0, 0.05) is 25.6 Å². The maximum absolute atomic E-state index is 12.0. The lowest BCUT2D eigenvalue weighted by Crippen LogP contribution is -2.39. The topological polar surface area (TPSA) is 58.1 Å². The fraction of sp³-hybridized carbons (Fsp3) is 0.615. The lowest BCUT2D eigenvalue weighted by molar-refractivity contribution is -0.130. The molecule has 0 aliphatic carbocycles. The molecule has 1 aromatic heterocycles. The Hall–Kier alpha value is -1.36. The van der Waals surface area contributed by atoms with Crippen molar-refractivity contribution in [3.05, 3.63) is 16.5 Å². The van der Waals surface area contributed by atoms with E-state index in [4.69, 9.17) is 11.6 Å². The predicted molar refractivity (Wildman–Crippen MR) is 77.6 cm³/mol. The van der Waals surface area contributed by atoms with Crippen LogP contribution in [-0.4, -0.2) is 40.4 Å². The molecular weight excluding hydrogens is 264 g/mol. The number of amides is 1. The zero-order valence-electron chi connectivity index (χ0n) is 12.1. The average Bonchev–Trinajstić information content (AvgIpc) is 2.41. The SMILES string of the molecule is CCc1nc(Cl)c(C)c(NC(C)C(=O)N(C)CC)n1. The summed E-state index contributed by atoms with van der Waals surface area (Å²) in [5.41, 5.74) is 0.762. The smallest absolute Gasteiger partial charge is 0.244 e. The second kappa shape index (κ2) is 6.70. The number of carbonyl (C=O) groups is 1. The van der Waals surface area contributed by atoms with Crippen LogP contribution in [0, 0.1) is 6.92 Å². The van der Waals surface area contributed by atoms with E-state index in [9.17, 15) is 4.79 Å². The summed E-state index contributed by atoms with van der Waals surface area (Å²) in [6, 6.07) is -0.348. The van der Waals surface area contributed by atoms with Gasteiger partial charge >= 0.3 is 0 Å². The molecular formula is C13H21ClN4O. The van der Waals surface area contributed by atoms with Gasteiger partial charge in [-0.2, -0.15) is 0 Å². The normalized spacial score (nSPS) is 12.1. The molecule has 0 saturated heterocycles. The molecule has 1 unspecified atom stereocenters. The van der Waals surface area contributed by atoms with E-state index in [1.807, 2.05) is 27.7 Å². The van der Waals surface area contributed by atoms with Gasteiger partial charge in [0.1, 0.15) is 22.8 Å². The number of hydrogen-bond acceptors (Lipinski definition) is 4. The fourth-order valence-corrected chi connectivity index (χ4v) is 1.77. The monoisotopic (exact) mass is 284 g/mol. The van der Waals surface area contributed by atoms with E-state index < -0.39 is 0 Å². The molecule has 1 amide bonds. The van der Waals surface area contributed by atoms with Crippen LogP contribution in [0.2, 0.25) is 5.15 Å². The number of anilines is 1. The molecule has 1 atom stereocenters. The van der Waals surface area contributed by atoms with E-state index in [2.05, 4.69) is 15.3 Å². The minimum Gasteiger partial charge on any atom is -0.358 e. The quantitative estimate of drug-likeness (QED) is 0.843. The van der Waals surface area contributed by atoms with E-state index in [0.29, 0.717) is 29.8 Å². The van der Waals surface area contributed by atoms with Crippen molar-refractivity contribution in [1.29, 1.82) is 0 Å². The molecule has 0 aliphatic rings. The van der Waals surface area contributed by atoms with Crippen LogP contribution in [0.1, 0.15) is 32.2 Å². The number of aromatic nitrogens is 2. The minimum atomic E-state index is -0.348. The first-order chi connectivity index (χ1) is 8.90. The Morgan fingerprint density at radius 3 is 2.58 bits per heavy atom. The van der Waals surface area contributed by atoms with Crippen LogP contribution in [-0.2, 0) is 11.2 Å². The standard InChI is InChI=1S/C13H21ClN4O/c1-6-10-16-11(14)8(3)12(17-10)15-9(4)13(19)18(5)7-2/h9H,6-7H2,1-5H3,(H,15,16,17). The zero-order valence-corrected chi connectivity index (χ0v) is 12.9. The van der Waals surface area contributed by atoms with Crippen LogP contribution < -0.4 is 5.32 Å². The van der Waals surface area contributed by atoms with Gasteiger partial charge < -0.3 is 10.2 Å². The van der Waals surface area contributed by atoms with E-state index >= 15 is 0 Å². The van der Waals surface area contributed by atoms with Gasteiger partial charge in [-0.3, -0.25) is 4.79 Å². The first kappa shape index (κ1) is 15.7. The zero-order chi connectivity index (χ0) is 14.6. The third-order valence-electron chi connectivity index (χ3n) is 3.02. The maximum Gasteiger partial charge on any atom is 0.244 e. The first-order valence-corrected chi connectivity index (χ1v) is 6.83. The largest absolute Gasteiger partial charge is 0.358 e. The van der Waals surface area contributed by atoms with Crippen molar-refractivity contribution in [3.8, 4) is 0 Å². The Labute approximate surface area is 119 Å². The number of likely N-dealkylation sites (N-methyl/N-ethyl adjacent to an activating group) is 1. The number of carbonyl (C=O) groups excluding carboxylic acids is 1. The van der Waals surface area contributed by atoms with Crippen molar-refractivity contribution < 1.29 is 4.79 Å². The molecule has 5 nitrogen and oxygen atoms in total. The molecule has 1 rings (SSSR count). The third kappa shape index (κ3) is 3.80. The molecule has 0 fully saturated rings. The molecule has 1 heterocycles.